The molecule has 5 nitrogen and oxygen atoms in total. The second kappa shape index (κ2) is 9.13. The minimum absolute atomic E-state index is 0.196. The van der Waals surface area contributed by atoms with Gasteiger partial charge in [0.1, 0.15) is 11.5 Å². The molecule has 0 fully saturated rings. The Hall–Kier alpha value is -2.82. The lowest BCUT2D eigenvalue weighted by Crippen LogP contribution is -2.37. The van der Waals surface area contributed by atoms with Crippen molar-refractivity contribution in [3.63, 3.8) is 0 Å². The van der Waals surface area contributed by atoms with Gasteiger partial charge in [-0.2, -0.15) is 0 Å². The lowest BCUT2D eigenvalue weighted by Gasteiger charge is -2.30. The zero-order chi connectivity index (χ0) is 22.8. The van der Waals surface area contributed by atoms with Crippen LogP contribution in [0.2, 0.25) is 0 Å². The van der Waals surface area contributed by atoms with Gasteiger partial charge in [-0.05, 0) is 50.1 Å². The minimum atomic E-state index is -0.426. The lowest BCUT2D eigenvalue weighted by molar-refractivity contribution is 0.291. The Bertz CT molecular complexity index is 1080. The van der Waals surface area contributed by atoms with E-state index in [0.29, 0.717) is 17.8 Å². The third kappa shape index (κ3) is 4.60. The predicted octanol–water partition coefficient (Wildman–Crippen LogP) is 5.20. The summed E-state index contributed by atoms with van der Waals surface area (Å²) in [6.07, 6.45) is 5.80. The van der Waals surface area contributed by atoms with E-state index in [0.717, 1.165) is 54.3 Å². The predicted molar refractivity (Wildman–Crippen MR) is 131 cm³/mol. The first-order valence-electron chi connectivity index (χ1n) is 11.3. The molecule has 0 saturated heterocycles. The summed E-state index contributed by atoms with van der Waals surface area (Å²) in [5, 5.41) is 3.15. The van der Waals surface area contributed by atoms with Gasteiger partial charge in [0.25, 0.3) is 0 Å². The van der Waals surface area contributed by atoms with Crippen molar-refractivity contribution in [1.82, 2.24) is 0 Å². The van der Waals surface area contributed by atoms with Crippen LogP contribution in [0.15, 0.2) is 39.6 Å². The summed E-state index contributed by atoms with van der Waals surface area (Å²) in [6, 6.07) is 6.19. The Morgan fingerprint density at radius 3 is 2.39 bits per heavy atom. The first kappa shape index (κ1) is 22.9. The van der Waals surface area contributed by atoms with Crippen LogP contribution in [-0.2, 0) is 0 Å². The lowest BCUT2D eigenvalue weighted by atomic mass is 9.88. The molecule has 0 atom stereocenters. The van der Waals surface area contributed by atoms with E-state index >= 15 is 0 Å². The average molecular weight is 423 g/mol. The number of rotatable bonds is 8. The molecule has 0 amide bonds. The van der Waals surface area contributed by atoms with Gasteiger partial charge in [-0.1, -0.05) is 34.1 Å². The molecule has 1 aliphatic heterocycles. The summed E-state index contributed by atoms with van der Waals surface area (Å²) in [7, 11) is 0. The van der Waals surface area contributed by atoms with Crippen molar-refractivity contribution in [2.45, 2.75) is 54.4 Å². The van der Waals surface area contributed by atoms with Crippen LogP contribution in [0.5, 0.6) is 5.75 Å². The standard InChI is InChI=1S/C26H34N2O3/c1-7-10-13-27-23-20(24(29)25(23)30)14-17-15-22(26(4,5)6)31-21-16-18(11-12-19(17)21)28(8-2)9-3/h11-12,14-16,27H,7-10,13H2,1-6H3. The van der Waals surface area contributed by atoms with E-state index in [1.165, 1.54) is 0 Å². The largest absolute Gasteiger partial charge is 0.460 e. The third-order valence-electron chi connectivity index (χ3n) is 5.73. The summed E-state index contributed by atoms with van der Waals surface area (Å²) in [6.45, 7) is 15.2. The maximum Gasteiger partial charge on any atom is 0.250 e. The number of fused-ring (bicyclic) bond motifs is 1. The topological polar surface area (TPSA) is 58.6 Å². The number of hydrogen-bond acceptors (Lipinski definition) is 5. The molecule has 5 heteroatoms. The van der Waals surface area contributed by atoms with Crippen molar-refractivity contribution in [2.24, 2.45) is 5.41 Å². The maximum atomic E-state index is 12.3. The van der Waals surface area contributed by atoms with Crippen LogP contribution in [0.3, 0.4) is 0 Å². The molecule has 0 spiro atoms. The second-order valence-corrected chi connectivity index (χ2v) is 9.04. The Morgan fingerprint density at radius 1 is 1.06 bits per heavy atom. The normalized spacial score (nSPS) is 14.9. The molecule has 0 aromatic heterocycles. The molecule has 1 aliphatic rings. The average Bonchev–Trinajstić information content (AvgIpc) is 2.75. The number of nitrogens with one attached hydrogen (secondary N) is 1. The van der Waals surface area contributed by atoms with Crippen LogP contribution in [0.4, 0.5) is 11.4 Å². The van der Waals surface area contributed by atoms with E-state index in [2.05, 4.69) is 63.9 Å². The summed E-state index contributed by atoms with van der Waals surface area (Å²) < 4.78 is 6.30. The molecular formula is C26H34N2O3. The van der Waals surface area contributed by atoms with Crippen LogP contribution < -0.4 is 25.8 Å². The van der Waals surface area contributed by atoms with E-state index in [1.807, 2.05) is 18.2 Å². The zero-order valence-corrected chi connectivity index (χ0v) is 19.6. The van der Waals surface area contributed by atoms with Crippen molar-refractivity contribution < 1.29 is 4.74 Å². The fourth-order valence-corrected chi connectivity index (χ4v) is 3.74. The van der Waals surface area contributed by atoms with Gasteiger partial charge in [0.2, 0.25) is 10.9 Å². The first-order chi connectivity index (χ1) is 14.7. The van der Waals surface area contributed by atoms with Gasteiger partial charge < -0.3 is 15.0 Å². The Morgan fingerprint density at radius 2 is 1.77 bits per heavy atom. The molecule has 1 N–H and O–H groups in total. The fourth-order valence-electron chi connectivity index (χ4n) is 3.74. The summed E-state index contributed by atoms with van der Waals surface area (Å²) in [5.74, 6) is 1.62. The molecule has 0 unspecified atom stereocenters. The van der Waals surface area contributed by atoms with E-state index in [4.69, 9.17) is 4.74 Å². The van der Waals surface area contributed by atoms with Crippen molar-refractivity contribution in [3.05, 3.63) is 61.6 Å². The molecule has 0 radical (unpaired) electrons. The molecule has 0 aliphatic carbocycles. The zero-order valence-electron chi connectivity index (χ0n) is 19.6. The van der Waals surface area contributed by atoms with Crippen LogP contribution >= 0.6 is 0 Å². The van der Waals surface area contributed by atoms with Crippen LogP contribution in [0.25, 0.3) is 11.6 Å². The van der Waals surface area contributed by atoms with Crippen LogP contribution in [-0.4, -0.2) is 19.6 Å². The highest BCUT2D eigenvalue weighted by Crippen LogP contribution is 2.42. The summed E-state index contributed by atoms with van der Waals surface area (Å²) >= 11 is 0. The number of unbranched alkanes of at least 4 members (excludes halogenated alkanes) is 1. The number of hydrogen-bond donors (Lipinski definition) is 1. The second-order valence-electron chi connectivity index (χ2n) is 9.04. The van der Waals surface area contributed by atoms with Crippen LogP contribution in [0.1, 0.15) is 65.5 Å². The van der Waals surface area contributed by atoms with Gasteiger partial charge in [-0.25, -0.2) is 0 Å². The van der Waals surface area contributed by atoms with Gasteiger partial charge in [-0.15, -0.1) is 0 Å². The Kier molecular flexibility index (Phi) is 6.73. The van der Waals surface area contributed by atoms with Crippen molar-refractivity contribution in [2.75, 3.05) is 29.9 Å². The molecule has 3 rings (SSSR count). The Labute approximate surface area is 185 Å². The van der Waals surface area contributed by atoms with Crippen molar-refractivity contribution in [1.29, 1.82) is 0 Å². The molecule has 0 saturated carbocycles. The van der Waals surface area contributed by atoms with Gasteiger partial charge in [0.15, 0.2) is 0 Å². The highest BCUT2D eigenvalue weighted by molar-refractivity contribution is 5.94. The highest BCUT2D eigenvalue weighted by Gasteiger charge is 2.27. The molecule has 0 bridgehead atoms. The quantitative estimate of drug-likeness (QED) is 0.468. The summed E-state index contributed by atoms with van der Waals surface area (Å²) in [5.41, 5.74) is 2.77. The highest BCUT2D eigenvalue weighted by atomic mass is 16.5. The van der Waals surface area contributed by atoms with Gasteiger partial charge in [0.05, 0.1) is 11.3 Å². The number of nitrogens with zero attached hydrogens (tertiary/aromatic N) is 1. The number of benzene rings is 1. The maximum absolute atomic E-state index is 12.3. The van der Waals surface area contributed by atoms with E-state index in [9.17, 15) is 9.59 Å². The molecular weight excluding hydrogens is 388 g/mol. The van der Waals surface area contributed by atoms with E-state index < -0.39 is 10.9 Å². The first-order valence-corrected chi connectivity index (χ1v) is 11.3. The van der Waals surface area contributed by atoms with Crippen molar-refractivity contribution in [3.8, 4) is 5.75 Å². The number of ether oxygens (including phenoxy) is 1. The monoisotopic (exact) mass is 422 g/mol. The molecule has 1 heterocycles. The molecule has 31 heavy (non-hydrogen) atoms. The SMILES string of the molecule is CCCCNc1c(C=C2C=C(C(C)(C)C)Oc3cc(N(CC)CC)ccc32)c(=O)c1=O. The minimum Gasteiger partial charge on any atom is -0.460 e. The van der Waals surface area contributed by atoms with Gasteiger partial charge in [-0.3, -0.25) is 9.59 Å². The number of allylic oxidation sites excluding steroid dienone is 3. The molecule has 2 aromatic carbocycles. The van der Waals surface area contributed by atoms with E-state index in [-0.39, 0.29) is 5.41 Å². The Balaban J connectivity index is 2.08. The fraction of sp³-hybridized carbons (Fsp3) is 0.462. The van der Waals surface area contributed by atoms with Gasteiger partial charge in [0, 0.05) is 42.4 Å². The smallest absolute Gasteiger partial charge is 0.250 e. The van der Waals surface area contributed by atoms with Crippen LogP contribution in [0, 0.1) is 5.41 Å². The van der Waals surface area contributed by atoms with E-state index in [1.54, 1.807) is 0 Å². The third-order valence-corrected chi connectivity index (χ3v) is 5.73. The summed E-state index contributed by atoms with van der Waals surface area (Å²) in [4.78, 5) is 26.7. The number of anilines is 2. The van der Waals surface area contributed by atoms with Crippen molar-refractivity contribution >= 4 is 23.0 Å². The molecule has 2 aromatic rings. The van der Waals surface area contributed by atoms with Gasteiger partial charge >= 0.3 is 0 Å². The molecule has 166 valence electrons.